The molecular weight excluding hydrogens is 347 g/mol. The minimum atomic E-state index is -0.451. The minimum Gasteiger partial charge on any atom is -0.489 e. The maximum Gasteiger partial charge on any atom is 0.342 e. The molecule has 0 aliphatic rings. The lowest BCUT2D eigenvalue weighted by atomic mass is 10.1. The average molecular weight is 363 g/mol. The summed E-state index contributed by atoms with van der Waals surface area (Å²) in [6.07, 6.45) is 0. The van der Waals surface area contributed by atoms with Crippen LogP contribution in [0.1, 0.15) is 28.6 Å². The molecule has 0 aliphatic carbocycles. The highest BCUT2D eigenvalue weighted by atomic mass is 35.5. The molecule has 130 valence electrons. The van der Waals surface area contributed by atoms with Crippen molar-refractivity contribution in [3.8, 4) is 5.75 Å². The van der Waals surface area contributed by atoms with E-state index in [1.54, 1.807) is 38.1 Å². The largest absolute Gasteiger partial charge is 0.489 e. The van der Waals surface area contributed by atoms with Gasteiger partial charge in [-0.3, -0.25) is 0 Å². The van der Waals surface area contributed by atoms with Crippen LogP contribution in [-0.2, 0) is 11.3 Å². The van der Waals surface area contributed by atoms with Crippen LogP contribution in [0, 0.1) is 12.7 Å². The van der Waals surface area contributed by atoms with Crippen molar-refractivity contribution in [3.63, 3.8) is 0 Å². The fraction of sp³-hybridized carbons (Fsp3) is 0.211. The van der Waals surface area contributed by atoms with Gasteiger partial charge in [-0.15, -0.1) is 0 Å². The first-order valence-corrected chi connectivity index (χ1v) is 8.15. The summed E-state index contributed by atoms with van der Waals surface area (Å²) in [5.41, 5.74) is 1.20. The van der Waals surface area contributed by atoms with Crippen LogP contribution < -0.4 is 4.74 Å². The topological polar surface area (TPSA) is 48.7 Å². The summed E-state index contributed by atoms with van der Waals surface area (Å²) in [5, 5.41) is 0.889. The van der Waals surface area contributed by atoms with E-state index >= 15 is 0 Å². The lowest BCUT2D eigenvalue weighted by molar-refractivity contribution is 0.0526. The van der Waals surface area contributed by atoms with Gasteiger partial charge in [-0.1, -0.05) is 17.7 Å². The van der Waals surface area contributed by atoms with Gasteiger partial charge < -0.3 is 13.9 Å². The molecule has 0 saturated carbocycles. The van der Waals surface area contributed by atoms with E-state index in [4.69, 9.17) is 25.5 Å². The molecule has 0 bridgehead atoms. The normalized spacial score (nSPS) is 10.9. The molecule has 0 aliphatic heterocycles. The lowest BCUT2D eigenvalue weighted by Crippen LogP contribution is -2.05. The number of furan rings is 1. The third-order valence-corrected chi connectivity index (χ3v) is 4.11. The van der Waals surface area contributed by atoms with Gasteiger partial charge in [0.1, 0.15) is 35.1 Å². The zero-order chi connectivity index (χ0) is 18.0. The highest BCUT2D eigenvalue weighted by Crippen LogP contribution is 2.30. The number of ether oxygens (including phenoxy) is 2. The average Bonchev–Trinajstić information content (AvgIpc) is 2.89. The highest BCUT2D eigenvalue weighted by Gasteiger charge is 2.20. The smallest absolute Gasteiger partial charge is 0.342 e. The van der Waals surface area contributed by atoms with Gasteiger partial charge in [0, 0.05) is 10.9 Å². The Morgan fingerprint density at radius 2 is 2.08 bits per heavy atom. The molecule has 3 rings (SSSR count). The fourth-order valence-electron chi connectivity index (χ4n) is 2.57. The van der Waals surface area contributed by atoms with E-state index in [-0.39, 0.29) is 18.8 Å². The number of fused-ring (bicyclic) bond motifs is 1. The molecule has 0 fully saturated rings. The Morgan fingerprint density at radius 3 is 2.80 bits per heavy atom. The second-order valence-electron chi connectivity index (χ2n) is 5.40. The summed E-state index contributed by atoms with van der Waals surface area (Å²) in [6, 6.07) is 9.52. The van der Waals surface area contributed by atoms with Gasteiger partial charge in [-0.25, -0.2) is 9.18 Å². The zero-order valence-corrected chi connectivity index (χ0v) is 14.5. The number of carbonyl (C=O) groups excluding carboxylic acids is 1. The molecule has 2 aromatic carbocycles. The Kier molecular flexibility index (Phi) is 4.95. The molecule has 0 amide bonds. The van der Waals surface area contributed by atoms with Crippen LogP contribution >= 0.6 is 11.6 Å². The monoisotopic (exact) mass is 362 g/mol. The lowest BCUT2D eigenvalue weighted by Gasteiger charge is -2.09. The third-order valence-electron chi connectivity index (χ3n) is 3.76. The summed E-state index contributed by atoms with van der Waals surface area (Å²) >= 11 is 6.00. The fourth-order valence-corrected chi connectivity index (χ4v) is 2.79. The van der Waals surface area contributed by atoms with Gasteiger partial charge in [-0.05, 0) is 44.2 Å². The van der Waals surface area contributed by atoms with Crippen molar-refractivity contribution in [2.45, 2.75) is 20.5 Å². The van der Waals surface area contributed by atoms with Crippen molar-refractivity contribution in [1.29, 1.82) is 0 Å². The number of hydrogen-bond acceptors (Lipinski definition) is 4. The summed E-state index contributed by atoms with van der Waals surface area (Å²) in [7, 11) is 0. The van der Waals surface area contributed by atoms with E-state index in [2.05, 4.69) is 0 Å². The quantitative estimate of drug-likeness (QED) is 0.579. The van der Waals surface area contributed by atoms with Crippen LogP contribution in [-0.4, -0.2) is 12.6 Å². The van der Waals surface area contributed by atoms with Crippen LogP contribution in [0.4, 0.5) is 4.39 Å². The molecule has 0 spiro atoms. The standard InChI is InChI=1S/C19H16ClFO4/c1-3-23-19(22)18-11(2)25-17-8-7-12(9-13(17)18)24-10-14-15(20)5-4-6-16(14)21/h4-9H,3,10H2,1-2H3. The Bertz CT molecular complexity index is 912. The maximum absolute atomic E-state index is 13.8. The van der Waals surface area contributed by atoms with Crippen molar-refractivity contribution >= 4 is 28.5 Å². The molecule has 1 heterocycles. The van der Waals surface area contributed by atoms with E-state index in [0.717, 1.165) is 0 Å². The first-order valence-electron chi connectivity index (χ1n) is 7.77. The predicted octanol–water partition coefficient (Wildman–Crippen LogP) is 5.29. The van der Waals surface area contributed by atoms with Crippen LogP contribution in [0.2, 0.25) is 5.02 Å². The molecule has 0 unspecified atom stereocenters. The number of rotatable bonds is 5. The molecule has 0 N–H and O–H groups in total. The van der Waals surface area contributed by atoms with E-state index in [1.807, 2.05) is 0 Å². The van der Waals surface area contributed by atoms with E-state index in [9.17, 15) is 9.18 Å². The third kappa shape index (κ3) is 3.46. The number of hydrogen-bond donors (Lipinski definition) is 0. The molecule has 25 heavy (non-hydrogen) atoms. The van der Waals surface area contributed by atoms with Crippen LogP contribution in [0.5, 0.6) is 5.75 Å². The van der Waals surface area contributed by atoms with Crippen LogP contribution in [0.25, 0.3) is 11.0 Å². The van der Waals surface area contributed by atoms with Gasteiger partial charge in [0.15, 0.2) is 0 Å². The summed E-state index contributed by atoms with van der Waals surface area (Å²) in [4.78, 5) is 12.1. The predicted molar refractivity (Wildman–Crippen MR) is 92.6 cm³/mol. The zero-order valence-electron chi connectivity index (χ0n) is 13.8. The molecule has 1 aromatic heterocycles. The second kappa shape index (κ2) is 7.15. The van der Waals surface area contributed by atoms with Crippen molar-refractivity contribution in [2.75, 3.05) is 6.61 Å². The number of carbonyl (C=O) groups is 1. The van der Waals surface area contributed by atoms with E-state index < -0.39 is 11.8 Å². The molecule has 4 nitrogen and oxygen atoms in total. The number of esters is 1. The van der Waals surface area contributed by atoms with Crippen molar-refractivity contribution in [1.82, 2.24) is 0 Å². The summed E-state index contributed by atoms with van der Waals surface area (Å²) in [5.74, 6) is 0.0638. The highest BCUT2D eigenvalue weighted by molar-refractivity contribution is 6.31. The Labute approximate surface area is 149 Å². The molecule has 0 atom stereocenters. The van der Waals surface area contributed by atoms with Crippen molar-refractivity contribution < 1.29 is 23.1 Å². The first-order chi connectivity index (χ1) is 12.0. The Hall–Kier alpha value is -2.53. The molecular formula is C19H16ClFO4. The van der Waals surface area contributed by atoms with Crippen molar-refractivity contribution in [2.24, 2.45) is 0 Å². The van der Waals surface area contributed by atoms with Gasteiger partial charge in [0.05, 0.1) is 11.6 Å². The van der Waals surface area contributed by atoms with Crippen molar-refractivity contribution in [3.05, 3.63) is 64.1 Å². The second-order valence-corrected chi connectivity index (χ2v) is 5.81. The summed E-state index contributed by atoms with van der Waals surface area (Å²) < 4.78 is 30.1. The molecule has 6 heteroatoms. The molecule has 0 radical (unpaired) electrons. The Balaban J connectivity index is 1.90. The van der Waals surface area contributed by atoms with Gasteiger partial charge >= 0.3 is 5.97 Å². The number of halogens is 2. The van der Waals surface area contributed by atoms with Gasteiger partial charge in [-0.2, -0.15) is 0 Å². The molecule has 3 aromatic rings. The van der Waals surface area contributed by atoms with E-state index in [0.29, 0.717) is 33.1 Å². The number of benzene rings is 2. The summed E-state index contributed by atoms with van der Waals surface area (Å²) in [6.45, 7) is 3.68. The maximum atomic E-state index is 13.8. The van der Waals surface area contributed by atoms with Gasteiger partial charge in [0.2, 0.25) is 0 Å². The molecule has 0 saturated heterocycles. The number of aryl methyl sites for hydroxylation is 1. The van der Waals surface area contributed by atoms with Crippen LogP contribution in [0.3, 0.4) is 0 Å². The van der Waals surface area contributed by atoms with E-state index in [1.165, 1.54) is 12.1 Å². The first kappa shape index (κ1) is 17.3. The van der Waals surface area contributed by atoms with Gasteiger partial charge in [0.25, 0.3) is 0 Å². The SMILES string of the molecule is CCOC(=O)c1c(C)oc2ccc(OCc3c(F)cccc3Cl)cc12. The Morgan fingerprint density at radius 1 is 1.28 bits per heavy atom. The minimum absolute atomic E-state index is 0.0252. The van der Waals surface area contributed by atoms with Crippen LogP contribution in [0.15, 0.2) is 40.8 Å².